The van der Waals surface area contributed by atoms with Gasteiger partial charge in [-0.15, -0.1) is 0 Å². The number of nitrogens with zero attached hydrogens (tertiary/aromatic N) is 2. The molecule has 23 heavy (non-hydrogen) atoms. The van der Waals surface area contributed by atoms with Crippen LogP contribution in [0.1, 0.15) is 13.3 Å². The van der Waals surface area contributed by atoms with Crippen LogP contribution in [0, 0.1) is 0 Å². The van der Waals surface area contributed by atoms with Gasteiger partial charge in [0, 0.05) is 5.56 Å². The lowest BCUT2D eigenvalue weighted by Gasteiger charge is -2.20. The van der Waals surface area contributed by atoms with Crippen molar-refractivity contribution in [3.63, 3.8) is 0 Å². The molecule has 2 radical (unpaired) electrons. The third-order valence-electron chi connectivity index (χ3n) is 3.02. The second-order valence-electron chi connectivity index (χ2n) is 4.64. The molecule has 0 aliphatic carbocycles. The summed E-state index contributed by atoms with van der Waals surface area (Å²) in [6, 6.07) is 8.06. The van der Waals surface area contributed by atoms with E-state index in [1.165, 1.54) is 0 Å². The molecular weight excluding hydrogens is 301 g/mol. The van der Waals surface area contributed by atoms with Crippen molar-refractivity contribution in [2.24, 2.45) is 0 Å². The van der Waals surface area contributed by atoms with E-state index in [1.807, 2.05) is 6.07 Å². The maximum Gasteiger partial charge on any atom is 0.425 e. The second kappa shape index (κ2) is 7.55. The Morgan fingerprint density at radius 2 is 2.09 bits per heavy atom. The van der Waals surface area contributed by atoms with Crippen molar-refractivity contribution in [3.05, 3.63) is 30.3 Å². The molecule has 0 saturated heterocycles. The van der Waals surface area contributed by atoms with Crippen LogP contribution in [-0.2, 0) is 4.79 Å². The summed E-state index contributed by atoms with van der Waals surface area (Å²) in [5, 5.41) is 15.8. The Hall–Kier alpha value is -2.68. The fourth-order valence-electron chi connectivity index (χ4n) is 1.85. The SMILES string of the molecule is [B]C(=O)NC(CC)C(O)C(=O)Oc1nc(-c2ccccc2)no1. The maximum atomic E-state index is 11.8. The van der Waals surface area contributed by atoms with Crippen molar-refractivity contribution in [1.82, 2.24) is 15.5 Å². The molecule has 2 aromatic rings. The van der Waals surface area contributed by atoms with E-state index in [9.17, 15) is 14.7 Å². The Bertz CT molecular complexity index is 676. The Labute approximate surface area is 133 Å². The highest BCUT2D eigenvalue weighted by Crippen LogP contribution is 2.18. The first kappa shape index (κ1) is 16.7. The molecule has 9 heteroatoms. The predicted molar refractivity (Wildman–Crippen MR) is 79.7 cm³/mol. The number of hydrogen-bond donors (Lipinski definition) is 2. The minimum Gasteiger partial charge on any atom is -0.379 e. The Kier molecular flexibility index (Phi) is 5.48. The van der Waals surface area contributed by atoms with E-state index in [0.29, 0.717) is 5.56 Å². The molecule has 0 aliphatic rings. The van der Waals surface area contributed by atoms with Gasteiger partial charge >= 0.3 is 12.0 Å². The lowest BCUT2D eigenvalue weighted by atomic mass is 10.0. The van der Waals surface area contributed by atoms with Crippen molar-refractivity contribution in [2.45, 2.75) is 25.5 Å². The number of hydrogen-bond acceptors (Lipinski definition) is 7. The standard InChI is InChI=1S/C14H14BN3O5/c1-2-9(16-13(15)21)10(19)12(20)22-14-17-11(18-23-14)8-6-4-3-5-7-8/h3-7,9-10,19H,2H2,1H3,(H,16,21). The molecule has 8 nitrogen and oxygen atoms in total. The number of rotatable bonds is 6. The van der Waals surface area contributed by atoms with E-state index in [1.54, 1.807) is 31.2 Å². The van der Waals surface area contributed by atoms with E-state index in [0.717, 1.165) is 0 Å². The summed E-state index contributed by atoms with van der Waals surface area (Å²) in [5.74, 6) is -1.65. The molecule has 0 saturated carbocycles. The average Bonchev–Trinajstić information content (AvgIpc) is 3.01. The molecule has 2 atom stereocenters. The highest BCUT2D eigenvalue weighted by Gasteiger charge is 2.28. The molecule has 0 aliphatic heterocycles. The van der Waals surface area contributed by atoms with Gasteiger partial charge in [0.25, 0.3) is 0 Å². The van der Waals surface area contributed by atoms with Gasteiger partial charge in [0.2, 0.25) is 13.7 Å². The quantitative estimate of drug-likeness (QED) is 0.594. The predicted octanol–water partition coefficient (Wildman–Crippen LogP) is 0.660. The highest BCUT2D eigenvalue weighted by molar-refractivity contribution is 6.57. The van der Waals surface area contributed by atoms with Crippen molar-refractivity contribution >= 4 is 19.6 Å². The molecule has 0 bridgehead atoms. The van der Waals surface area contributed by atoms with E-state index in [4.69, 9.17) is 17.1 Å². The van der Waals surface area contributed by atoms with Crippen LogP contribution in [0.5, 0.6) is 6.08 Å². The van der Waals surface area contributed by atoms with Gasteiger partial charge in [0.15, 0.2) is 11.9 Å². The van der Waals surface area contributed by atoms with Crippen LogP contribution in [0.2, 0.25) is 0 Å². The van der Waals surface area contributed by atoms with Crippen LogP contribution in [0.3, 0.4) is 0 Å². The lowest BCUT2D eigenvalue weighted by molar-refractivity contribution is -0.147. The normalized spacial score (nSPS) is 13.1. The third-order valence-corrected chi connectivity index (χ3v) is 3.02. The zero-order valence-electron chi connectivity index (χ0n) is 12.3. The Morgan fingerprint density at radius 1 is 1.39 bits per heavy atom. The summed E-state index contributed by atoms with van der Waals surface area (Å²) in [7, 11) is 4.97. The van der Waals surface area contributed by atoms with Gasteiger partial charge in [0.05, 0.1) is 6.04 Å². The summed E-state index contributed by atoms with van der Waals surface area (Å²) in [5.41, 5.74) is 0.681. The minimum atomic E-state index is -1.61. The molecule has 0 spiro atoms. The highest BCUT2D eigenvalue weighted by atomic mass is 16.7. The molecule has 118 valence electrons. The largest absolute Gasteiger partial charge is 0.425 e. The monoisotopic (exact) mass is 315 g/mol. The number of amides is 1. The maximum absolute atomic E-state index is 11.8. The van der Waals surface area contributed by atoms with Crippen LogP contribution in [0.25, 0.3) is 11.4 Å². The number of aromatic nitrogens is 2. The molecule has 2 N–H and O–H groups in total. The summed E-state index contributed by atoms with van der Waals surface area (Å²) < 4.78 is 9.63. The van der Waals surface area contributed by atoms with Gasteiger partial charge in [-0.25, -0.2) is 4.79 Å². The number of nitrogens with one attached hydrogen (secondary N) is 1. The molecule has 1 aromatic carbocycles. The zero-order valence-corrected chi connectivity index (χ0v) is 12.3. The van der Waals surface area contributed by atoms with E-state index in [-0.39, 0.29) is 12.2 Å². The molecule has 1 heterocycles. The van der Waals surface area contributed by atoms with Crippen LogP contribution in [-0.4, -0.2) is 47.0 Å². The Balaban J connectivity index is 2.03. The third kappa shape index (κ3) is 4.40. The summed E-state index contributed by atoms with van der Waals surface area (Å²) in [6.07, 6.45) is -1.74. The van der Waals surface area contributed by atoms with Gasteiger partial charge in [-0.2, -0.15) is 4.98 Å². The average molecular weight is 315 g/mol. The first-order valence-electron chi connectivity index (χ1n) is 6.86. The molecular formula is C14H14BN3O5. The number of ether oxygens (including phenoxy) is 1. The van der Waals surface area contributed by atoms with Crippen LogP contribution >= 0.6 is 0 Å². The topological polar surface area (TPSA) is 115 Å². The lowest BCUT2D eigenvalue weighted by Crippen LogP contribution is -2.47. The fourth-order valence-corrected chi connectivity index (χ4v) is 1.85. The van der Waals surface area contributed by atoms with Crippen LogP contribution < -0.4 is 10.1 Å². The molecule has 0 fully saturated rings. The number of carbonyl (C=O) groups excluding carboxylic acids is 2. The van der Waals surface area contributed by atoms with Crippen molar-refractivity contribution in [3.8, 4) is 17.5 Å². The van der Waals surface area contributed by atoms with Crippen molar-refractivity contribution < 1.29 is 24.0 Å². The van der Waals surface area contributed by atoms with Gasteiger partial charge in [-0.1, -0.05) is 42.4 Å². The molecule has 1 amide bonds. The first-order valence-corrected chi connectivity index (χ1v) is 6.86. The van der Waals surface area contributed by atoms with Gasteiger partial charge < -0.3 is 15.2 Å². The van der Waals surface area contributed by atoms with Crippen LogP contribution in [0.15, 0.2) is 34.9 Å². The summed E-state index contributed by atoms with van der Waals surface area (Å²) in [6.45, 7) is 1.66. The van der Waals surface area contributed by atoms with E-state index < -0.39 is 30.0 Å². The van der Waals surface area contributed by atoms with E-state index in [2.05, 4.69) is 15.5 Å². The van der Waals surface area contributed by atoms with E-state index >= 15 is 0 Å². The molecule has 2 rings (SSSR count). The Morgan fingerprint density at radius 3 is 2.70 bits per heavy atom. The summed E-state index contributed by atoms with van der Waals surface area (Å²) >= 11 is 0. The number of benzene rings is 1. The van der Waals surface area contributed by atoms with Crippen LogP contribution in [0.4, 0.5) is 4.79 Å². The second-order valence-corrected chi connectivity index (χ2v) is 4.64. The number of aliphatic hydroxyl groups is 1. The molecule has 2 unspecified atom stereocenters. The minimum absolute atomic E-state index is 0.241. The van der Waals surface area contributed by atoms with Gasteiger partial charge in [0.1, 0.15) is 0 Å². The number of aliphatic hydroxyl groups excluding tert-OH is 1. The number of esters is 1. The van der Waals surface area contributed by atoms with Crippen molar-refractivity contribution in [2.75, 3.05) is 0 Å². The smallest absolute Gasteiger partial charge is 0.379 e. The van der Waals surface area contributed by atoms with Gasteiger partial charge in [-0.3, -0.25) is 9.32 Å². The zero-order chi connectivity index (χ0) is 16.8. The first-order chi connectivity index (χ1) is 11.0. The fraction of sp³-hybridized carbons (Fsp3) is 0.286. The number of carbonyl (C=O) groups is 2. The summed E-state index contributed by atoms with van der Waals surface area (Å²) in [4.78, 5) is 26.6. The van der Waals surface area contributed by atoms with Gasteiger partial charge in [-0.05, 0) is 6.42 Å². The van der Waals surface area contributed by atoms with Crippen molar-refractivity contribution in [1.29, 1.82) is 0 Å². The molecule has 1 aromatic heterocycles.